The number of ether oxygens (including phenoxy) is 7. The molecule has 42 heavy (non-hydrogen) atoms. The Morgan fingerprint density at radius 2 is 0.786 bits per heavy atom. The lowest BCUT2D eigenvalue weighted by Gasteiger charge is -2.43. The maximum absolute atomic E-state index is 6.83. The van der Waals surface area contributed by atoms with Crippen molar-refractivity contribution in [3.63, 3.8) is 0 Å². The first-order valence-corrected chi connectivity index (χ1v) is 17.1. The molecule has 0 aliphatic carbocycles. The molecule has 0 saturated carbocycles. The van der Waals surface area contributed by atoms with Gasteiger partial charge in [-0.1, -0.05) is 81.4 Å². The third kappa shape index (κ3) is 14.2. The average Bonchev–Trinajstić information content (AvgIpc) is 2.98. The lowest BCUT2D eigenvalue weighted by Crippen LogP contribution is -2.66. The highest BCUT2D eigenvalue weighted by atomic mass is 28.4. The van der Waals surface area contributed by atoms with Crippen LogP contribution in [0.1, 0.15) is 34.6 Å². The van der Waals surface area contributed by atoms with Crippen LogP contribution in [0.3, 0.4) is 0 Å². The minimum atomic E-state index is -2.52. The fourth-order valence-corrected chi connectivity index (χ4v) is 9.10. The minimum absolute atomic E-state index is 0.0457. The van der Waals surface area contributed by atoms with Crippen LogP contribution >= 0.6 is 0 Å². The first-order chi connectivity index (χ1) is 20.4. The van der Waals surface area contributed by atoms with Gasteiger partial charge in [-0.25, -0.2) is 0 Å². The predicted molar refractivity (Wildman–Crippen MR) is 170 cm³/mol. The van der Waals surface area contributed by atoms with Gasteiger partial charge in [0.2, 0.25) is 0 Å². The van der Waals surface area contributed by atoms with Crippen molar-refractivity contribution in [2.24, 2.45) is 0 Å². The van der Waals surface area contributed by atoms with Crippen LogP contribution in [0.5, 0.6) is 0 Å². The van der Waals surface area contributed by atoms with Gasteiger partial charge in [-0.15, -0.1) is 0 Å². The summed E-state index contributed by atoms with van der Waals surface area (Å²) in [7, 11) is -2.52. The summed E-state index contributed by atoms with van der Waals surface area (Å²) in [6.07, 6.45) is 0.234. The first-order valence-electron chi connectivity index (χ1n) is 15.2. The summed E-state index contributed by atoms with van der Waals surface area (Å²) in [4.78, 5) is 0. The fraction of sp³-hybridized carbons (Fsp3) is 0.636. The molecule has 0 radical (unpaired) electrons. The number of benzene rings is 2. The summed E-state index contributed by atoms with van der Waals surface area (Å²) in [6, 6.07) is 21.3. The van der Waals surface area contributed by atoms with Crippen molar-refractivity contribution in [1.82, 2.24) is 0 Å². The SMILES string of the molecule is CC(C)OCCOCCOCCOCCOCCOCCOCCO[Si](c1ccccc1)(c1ccccc1)C(C)(C)C. The van der Waals surface area contributed by atoms with E-state index in [0.717, 1.165) is 0 Å². The second-order valence-corrected chi connectivity index (χ2v) is 15.4. The van der Waals surface area contributed by atoms with Crippen molar-refractivity contribution in [2.75, 3.05) is 92.5 Å². The Morgan fingerprint density at radius 1 is 0.476 bits per heavy atom. The molecule has 0 aliphatic rings. The van der Waals surface area contributed by atoms with E-state index in [4.69, 9.17) is 37.6 Å². The van der Waals surface area contributed by atoms with E-state index in [1.807, 2.05) is 13.8 Å². The largest absolute Gasteiger partial charge is 0.405 e. The Kier molecular flexibility index (Phi) is 19.1. The molecule has 0 amide bonds. The van der Waals surface area contributed by atoms with Crippen molar-refractivity contribution in [3.8, 4) is 0 Å². The quantitative estimate of drug-likeness (QED) is 0.124. The van der Waals surface area contributed by atoms with Gasteiger partial charge in [0.1, 0.15) is 0 Å². The van der Waals surface area contributed by atoms with Crippen LogP contribution in [0.2, 0.25) is 5.04 Å². The molecule has 0 N–H and O–H groups in total. The highest BCUT2D eigenvalue weighted by Crippen LogP contribution is 2.36. The van der Waals surface area contributed by atoms with Gasteiger partial charge in [0.05, 0.1) is 98.6 Å². The van der Waals surface area contributed by atoms with Crippen molar-refractivity contribution in [1.29, 1.82) is 0 Å². The number of rotatable bonds is 25. The van der Waals surface area contributed by atoms with E-state index in [1.165, 1.54) is 10.4 Å². The first kappa shape index (κ1) is 36.5. The molecule has 0 spiro atoms. The molecule has 0 atom stereocenters. The van der Waals surface area contributed by atoms with Gasteiger partial charge in [-0.2, -0.15) is 0 Å². The lowest BCUT2D eigenvalue weighted by molar-refractivity contribution is -0.0243. The minimum Gasteiger partial charge on any atom is -0.405 e. The van der Waals surface area contributed by atoms with E-state index in [2.05, 4.69) is 81.4 Å². The van der Waals surface area contributed by atoms with Crippen LogP contribution in [-0.2, 0) is 37.6 Å². The lowest BCUT2D eigenvalue weighted by atomic mass is 10.2. The monoisotopic (exact) mass is 606 g/mol. The van der Waals surface area contributed by atoms with Crippen LogP contribution in [0.15, 0.2) is 60.7 Å². The summed E-state index contributed by atoms with van der Waals surface area (Å²) in [5.74, 6) is 0. The van der Waals surface area contributed by atoms with Crippen molar-refractivity contribution >= 4 is 18.7 Å². The topological polar surface area (TPSA) is 73.8 Å². The Bertz CT molecular complexity index is 852. The van der Waals surface area contributed by atoms with Crippen LogP contribution < -0.4 is 10.4 Å². The van der Waals surface area contributed by atoms with E-state index in [0.29, 0.717) is 92.5 Å². The van der Waals surface area contributed by atoms with Gasteiger partial charge in [0.15, 0.2) is 0 Å². The molecule has 8 nitrogen and oxygen atoms in total. The normalized spacial score (nSPS) is 12.3. The molecular formula is C33H54O8Si. The Balaban J connectivity index is 1.48. The standard InChI is InChI=1S/C33H54O8Si/c1-30(2)40-28-26-38-24-22-36-20-18-34-16-17-35-19-21-37-23-25-39-27-29-41-42(33(3,4)5,31-12-8-6-9-13-31)32-14-10-7-11-15-32/h6-15,30H,16-29H2,1-5H3. The van der Waals surface area contributed by atoms with Crippen molar-refractivity contribution in [2.45, 2.75) is 45.8 Å². The van der Waals surface area contributed by atoms with Crippen molar-refractivity contribution in [3.05, 3.63) is 60.7 Å². The highest BCUT2D eigenvalue weighted by molar-refractivity contribution is 6.99. The molecule has 2 aromatic carbocycles. The Hall–Kier alpha value is -1.66. The van der Waals surface area contributed by atoms with Gasteiger partial charge >= 0.3 is 0 Å². The van der Waals surface area contributed by atoms with Crippen molar-refractivity contribution < 1.29 is 37.6 Å². The van der Waals surface area contributed by atoms with E-state index >= 15 is 0 Å². The number of hydrogen-bond donors (Lipinski definition) is 0. The van der Waals surface area contributed by atoms with Crippen LogP contribution in [-0.4, -0.2) is 107 Å². The maximum Gasteiger partial charge on any atom is 0.261 e. The van der Waals surface area contributed by atoms with E-state index in [9.17, 15) is 0 Å². The van der Waals surface area contributed by atoms with Gasteiger partial charge in [-0.3, -0.25) is 0 Å². The average molecular weight is 607 g/mol. The summed E-state index contributed by atoms with van der Waals surface area (Å²) in [5.41, 5.74) is 0. The summed E-state index contributed by atoms with van der Waals surface area (Å²) in [6.45, 7) is 18.4. The molecule has 2 rings (SSSR count). The molecule has 9 heteroatoms. The molecule has 0 aliphatic heterocycles. The molecule has 0 unspecified atom stereocenters. The molecule has 0 saturated heterocycles. The summed E-state index contributed by atoms with van der Waals surface area (Å²) >= 11 is 0. The maximum atomic E-state index is 6.83. The van der Waals surface area contributed by atoms with Gasteiger partial charge in [0.25, 0.3) is 8.32 Å². The molecule has 0 aromatic heterocycles. The van der Waals surface area contributed by atoms with Crippen LogP contribution in [0.4, 0.5) is 0 Å². The number of hydrogen-bond acceptors (Lipinski definition) is 8. The van der Waals surface area contributed by atoms with Gasteiger partial charge < -0.3 is 37.6 Å². The zero-order valence-electron chi connectivity index (χ0n) is 26.5. The second-order valence-electron chi connectivity index (χ2n) is 11.1. The molecule has 0 fully saturated rings. The predicted octanol–water partition coefficient (Wildman–Crippen LogP) is 4.09. The Morgan fingerprint density at radius 3 is 1.10 bits per heavy atom. The van der Waals surface area contributed by atoms with E-state index in [-0.39, 0.29) is 11.1 Å². The molecule has 238 valence electrons. The molecule has 0 heterocycles. The van der Waals surface area contributed by atoms with Crippen LogP contribution in [0, 0.1) is 0 Å². The van der Waals surface area contributed by atoms with Gasteiger partial charge in [0, 0.05) is 0 Å². The highest BCUT2D eigenvalue weighted by Gasteiger charge is 2.49. The van der Waals surface area contributed by atoms with E-state index in [1.54, 1.807) is 0 Å². The summed E-state index contributed by atoms with van der Waals surface area (Å²) in [5, 5.41) is 2.50. The fourth-order valence-electron chi connectivity index (χ4n) is 4.56. The zero-order chi connectivity index (χ0) is 30.4. The summed E-state index contributed by atoms with van der Waals surface area (Å²) < 4.78 is 45.7. The van der Waals surface area contributed by atoms with Gasteiger partial charge in [-0.05, 0) is 29.3 Å². The zero-order valence-corrected chi connectivity index (χ0v) is 27.5. The smallest absolute Gasteiger partial charge is 0.261 e. The van der Waals surface area contributed by atoms with E-state index < -0.39 is 8.32 Å². The van der Waals surface area contributed by atoms with Crippen LogP contribution in [0.25, 0.3) is 0 Å². The molecular weight excluding hydrogens is 552 g/mol. The third-order valence-corrected chi connectivity index (χ3v) is 11.5. The molecule has 0 bridgehead atoms. The third-order valence-electron chi connectivity index (χ3n) is 6.50. The molecule has 2 aromatic rings. The Labute approximate surface area is 255 Å². The second kappa shape index (κ2) is 21.9.